The summed E-state index contributed by atoms with van der Waals surface area (Å²) in [6.45, 7) is 4.71. The van der Waals surface area contributed by atoms with Crippen molar-refractivity contribution in [3.63, 3.8) is 0 Å². The lowest BCUT2D eigenvalue weighted by atomic mass is 9.76. The molecule has 0 saturated carbocycles. The van der Waals surface area contributed by atoms with Gasteiger partial charge in [0.25, 0.3) is 5.91 Å². The number of alkyl halides is 3. The molecule has 6 nitrogen and oxygen atoms in total. The third kappa shape index (κ3) is 6.16. The largest absolute Gasteiger partial charge is 0.490 e. The quantitative estimate of drug-likeness (QED) is 0.691. The number of benzene rings is 1. The predicted molar refractivity (Wildman–Crippen MR) is 105 cm³/mol. The molecule has 1 unspecified atom stereocenters. The van der Waals surface area contributed by atoms with Crippen LogP contribution in [-0.2, 0) is 9.53 Å². The van der Waals surface area contributed by atoms with Crippen LogP contribution in [0.4, 0.5) is 22.0 Å². The minimum atomic E-state index is -5.08. The predicted octanol–water partition coefficient (Wildman–Crippen LogP) is 3.48. The number of likely N-dealkylation sites (tertiary alicyclic amines) is 2. The summed E-state index contributed by atoms with van der Waals surface area (Å²) in [5.41, 5.74) is 0.971. The molecule has 2 aliphatic rings. The lowest BCUT2D eigenvalue weighted by Crippen LogP contribution is -2.44. The number of carbonyl (C=O) groups excluding carboxylic acids is 1. The van der Waals surface area contributed by atoms with E-state index in [0.717, 1.165) is 44.5 Å². The molecule has 11 heteroatoms. The van der Waals surface area contributed by atoms with Gasteiger partial charge >= 0.3 is 12.1 Å². The summed E-state index contributed by atoms with van der Waals surface area (Å²) in [5, 5.41) is 7.12. The maximum atomic E-state index is 13.5. The molecular formula is C21H27F5N2O4. The fourth-order valence-corrected chi connectivity index (χ4v) is 4.35. The minimum absolute atomic E-state index is 0.203. The van der Waals surface area contributed by atoms with Gasteiger partial charge in [-0.05, 0) is 56.3 Å². The Kier molecular flexibility index (Phi) is 8.22. The van der Waals surface area contributed by atoms with Crippen molar-refractivity contribution in [1.82, 2.24) is 9.80 Å². The van der Waals surface area contributed by atoms with Gasteiger partial charge in [-0.15, -0.1) is 0 Å². The van der Waals surface area contributed by atoms with Crippen molar-refractivity contribution < 1.29 is 41.4 Å². The molecule has 1 N–H and O–H groups in total. The van der Waals surface area contributed by atoms with Crippen molar-refractivity contribution >= 4 is 11.9 Å². The van der Waals surface area contributed by atoms with E-state index in [2.05, 4.69) is 11.9 Å². The molecule has 1 atom stereocenters. The molecule has 1 aromatic carbocycles. The first-order valence-electron chi connectivity index (χ1n) is 10.0. The maximum absolute atomic E-state index is 13.5. The van der Waals surface area contributed by atoms with E-state index < -0.39 is 23.8 Å². The summed E-state index contributed by atoms with van der Waals surface area (Å²) in [5.74, 6) is -4.84. The van der Waals surface area contributed by atoms with Crippen LogP contribution in [0.2, 0.25) is 0 Å². The van der Waals surface area contributed by atoms with E-state index in [4.69, 9.17) is 14.6 Å². The number of nitrogens with zero attached hydrogens (tertiary/aromatic N) is 2. The van der Waals surface area contributed by atoms with Crippen molar-refractivity contribution in [2.45, 2.75) is 38.4 Å². The highest BCUT2D eigenvalue weighted by molar-refractivity contribution is 5.95. The molecule has 0 radical (unpaired) electrons. The van der Waals surface area contributed by atoms with Crippen LogP contribution in [0, 0.1) is 24.0 Å². The van der Waals surface area contributed by atoms with Gasteiger partial charge in [-0.3, -0.25) is 4.79 Å². The van der Waals surface area contributed by atoms with Gasteiger partial charge in [0.2, 0.25) is 0 Å². The number of hydrogen-bond acceptors (Lipinski definition) is 4. The average molecular weight is 466 g/mol. The highest BCUT2D eigenvalue weighted by atomic mass is 19.4. The number of methoxy groups -OCH3 is 1. The number of rotatable bonds is 3. The second kappa shape index (κ2) is 10.1. The van der Waals surface area contributed by atoms with Gasteiger partial charge in [-0.2, -0.15) is 13.2 Å². The Labute approximate surface area is 182 Å². The van der Waals surface area contributed by atoms with Crippen LogP contribution in [0.5, 0.6) is 0 Å². The number of carboxylic acid groups (broad SMARTS) is 1. The molecule has 0 aliphatic carbocycles. The summed E-state index contributed by atoms with van der Waals surface area (Å²) in [6, 6.07) is 2.55. The SMILES string of the molecule is COCC1CC2(CCN(C(=O)c3cc(F)c(F)cc3C)CC2)CN1C.O=C(O)C(F)(F)F. The molecule has 2 heterocycles. The van der Waals surface area contributed by atoms with Crippen LogP contribution in [0.25, 0.3) is 0 Å². The van der Waals surface area contributed by atoms with Crippen LogP contribution in [0.3, 0.4) is 0 Å². The number of halogens is 5. The number of carboxylic acids is 1. The first-order chi connectivity index (χ1) is 14.8. The fraction of sp³-hybridized carbons (Fsp3) is 0.619. The summed E-state index contributed by atoms with van der Waals surface area (Å²) >= 11 is 0. The van der Waals surface area contributed by atoms with E-state index >= 15 is 0 Å². The summed E-state index contributed by atoms with van der Waals surface area (Å²) in [6.07, 6.45) is -2.12. The second-order valence-electron chi connectivity index (χ2n) is 8.40. The molecule has 1 aromatic rings. The summed E-state index contributed by atoms with van der Waals surface area (Å²) in [7, 11) is 3.85. The molecule has 2 fully saturated rings. The Morgan fingerprint density at radius 1 is 1.19 bits per heavy atom. The third-order valence-corrected chi connectivity index (χ3v) is 6.09. The average Bonchev–Trinajstić information content (AvgIpc) is 2.99. The molecule has 1 spiro atoms. The number of aliphatic carboxylic acids is 1. The molecule has 1 amide bonds. The van der Waals surface area contributed by atoms with Gasteiger partial charge in [-0.1, -0.05) is 0 Å². The number of likely N-dealkylation sites (N-methyl/N-ethyl adjacent to an activating group) is 1. The number of hydrogen-bond donors (Lipinski definition) is 1. The monoisotopic (exact) mass is 466 g/mol. The first kappa shape index (κ1) is 26.0. The molecule has 2 saturated heterocycles. The number of carbonyl (C=O) groups is 2. The Morgan fingerprint density at radius 2 is 1.72 bits per heavy atom. The van der Waals surface area contributed by atoms with Gasteiger partial charge in [0.05, 0.1) is 6.61 Å². The van der Waals surface area contributed by atoms with Crippen LogP contribution in [0.15, 0.2) is 12.1 Å². The fourth-order valence-electron chi connectivity index (χ4n) is 4.35. The maximum Gasteiger partial charge on any atom is 0.490 e. The second-order valence-corrected chi connectivity index (χ2v) is 8.40. The van der Waals surface area contributed by atoms with Crippen molar-refractivity contribution in [3.05, 3.63) is 34.9 Å². The number of aryl methyl sites for hydroxylation is 1. The third-order valence-electron chi connectivity index (χ3n) is 6.09. The van der Waals surface area contributed by atoms with E-state index in [1.807, 2.05) is 0 Å². The molecular weight excluding hydrogens is 439 g/mol. The Hall–Kier alpha value is -2.27. The van der Waals surface area contributed by atoms with E-state index in [0.29, 0.717) is 24.7 Å². The van der Waals surface area contributed by atoms with E-state index in [1.54, 1.807) is 18.9 Å². The molecule has 0 aromatic heterocycles. The zero-order valence-corrected chi connectivity index (χ0v) is 18.1. The molecule has 3 rings (SSSR count). The number of ether oxygens (including phenoxy) is 1. The lowest BCUT2D eigenvalue weighted by molar-refractivity contribution is -0.192. The highest BCUT2D eigenvalue weighted by Gasteiger charge is 2.44. The van der Waals surface area contributed by atoms with Crippen LogP contribution in [0.1, 0.15) is 35.2 Å². The van der Waals surface area contributed by atoms with Gasteiger partial charge in [-0.25, -0.2) is 13.6 Å². The number of amides is 1. The van der Waals surface area contributed by atoms with Gasteiger partial charge in [0.15, 0.2) is 11.6 Å². The zero-order chi connectivity index (χ0) is 24.3. The Balaban J connectivity index is 0.000000451. The van der Waals surface area contributed by atoms with Crippen molar-refractivity contribution in [2.24, 2.45) is 5.41 Å². The molecule has 180 valence electrons. The smallest absolute Gasteiger partial charge is 0.475 e. The van der Waals surface area contributed by atoms with E-state index in [9.17, 15) is 26.7 Å². The van der Waals surface area contributed by atoms with Gasteiger partial charge in [0.1, 0.15) is 0 Å². The molecule has 2 aliphatic heterocycles. The Morgan fingerprint density at radius 3 is 2.22 bits per heavy atom. The number of piperidine rings is 1. The van der Waals surface area contributed by atoms with Crippen molar-refractivity contribution in [2.75, 3.05) is 40.4 Å². The van der Waals surface area contributed by atoms with Crippen LogP contribution >= 0.6 is 0 Å². The lowest BCUT2D eigenvalue weighted by Gasteiger charge is -2.39. The van der Waals surface area contributed by atoms with E-state index in [1.165, 1.54) is 0 Å². The molecule has 0 bridgehead atoms. The van der Waals surface area contributed by atoms with E-state index in [-0.39, 0.29) is 16.9 Å². The van der Waals surface area contributed by atoms with Crippen molar-refractivity contribution in [3.8, 4) is 0 Å². The van der Waals surface area contributed by atoms with Crippen LogP contribution < -0.4 is 0 Å². The summed E-state index contributed by atoms with van der Waals surface area (Å²) in [4.78, 5) is 25.7. The first-order valence-corrected chi connectivity index (χ1v) is 10.0. The standard InChI is InChI=1S/C19H26F2N2O2.C2HF3O2/c1-13-8-16(20)17(21)9-15(13)18(24)23-6-4-19(5-7-23)10-14(11-25-3)22(2)12-19;3-2(4,5)1(6)7/h8-9,14H,4-7,10-12H2,1-3H3;(H,6,7). The van der Waals surface area contributed by atoms with Gasteiger partial charge < -0.3 is 19.6 Å². The van der Waals surface area contributed by atoms with Crippen LogP contribution in [-0.4, -0.2) is 79.4 Å². The van der Waals surface area contributed by atoms with Crippen molar-refractivity contribution in [1.29, 1.82) is 0 Å². The minimum Gasteiger partial charge on any atom is -0.475 e. The van der Waals surface area contributed by atoms with Gasteiger partial charge in [0, 0.05) is 38.3 Å². The summed E-state index contributed by atoms with van der Waals surface area (Å²) < 4.78 is 63.9. The normalized spacial score (nSPS) is 20.8. The zero-order valence-electron chi connectivity index (χ0n) is 18.1. The highest BCUT2D eigenvalue weighted by Crippen LogP contribution is 2.43. The Bertz CT molecular complexity index is 838. The molecule has 32 heavy (non-hydrogen) atoms. The topological polar surface area (TPSA) is 70.1 Å².